The first-order chi connectivity index (χ1) is 8.61. The van der Waals surface area contributed by atoms with Crippen LogP contribution in [-0.4, -0.2) is 24.3 Å². The van der Waals surface area contributed by atoms with Gasteiger partial charge < -0.3 is 4.90 Å². The SMILES string of the molecule is CC1CCN(c2ccc(C=O)cc2[N+](=O)[O-])CC1. The number of benzene rings is 1. The van der Waals surface area contributed by atoms with Gasteiger partial charge >= 0.3 is 0 Å². The molecule has 1 heterocycles. The molecule has 1 aromatic carbocycles. The highest BCUT2D eigenvalue weighted by Crippen LogP contribution is 2.31. The summed E-state index contributed by atoms with van der Waals surface area (Å²) in [5, 5.41) is 11.1. The molecule has 0 atom stereocenters. The van der Waals surface area contributed by atoms with Crippen LogP contribution >= 0.6 is 0 Å². The van der Waals surface area contributed by atoms with Gasteiger partial charge in [-0.05, 0) is 30.9 Å². The Morgan fingerprint density at radius 3 is 2.61 bits per heavy atom. The van der Waals surface area contributed by atoms with Crippen LogP contribution in [0.2, 0.25) is 0 Å². The topological polar surface area (TPSA) is 63.5 Å². The van der Waals surface area contributed by atoms with Crippen molar-refractivity contribution in [3.63, 3.8) is 0 Å². The highest BCUT2D eigenvalue weighted by molar-refractivity contribution is 5.79. The molecule has 18 heavy (non-hydrogen) atoms. The first-order valence-electron chi connectivity index (χ1n) is 6.10. The van der Waals surface area contributed by atoms with E-state index in [-0.39, 0.29) is 5.69 Å². The fourth-order valence-electron chi connectivity index (χ4n) is 2.28. The summed E-state index contributed by atoms with van der Waals surface area (Å²) in [6.07, 6.45) is 2.73. The minimum absolute atomic E-state index is 0.0224. The number of rotatable bonds is 3. The van der Waals surface area contributed by atoms with E-state index in [0.29, 0.717) is 23.5 Å². The maximum absolute atomic E-state index is 11.1. The zero-order chi connectivity index (χ0) is 13.1. The van der Waals surface area contributed by atoms with Gasteiger partial charge in [0.15, 0.2) is 0 Å². The number of nitro benzene ring substituents is 1. The van der Waals surface area contributed by atoms with Gasteiger partial charge in [-0.1, -0.05) is 6.92 Å². The smallest absolute Gasteiger partial charge is 0.293 e. The molecule has 0 radical (unpaired) electrons. The first kappa shape index (κ1) is 12.5. The zero-order valence-corrected chi connectivity index (χ0v) is 10.3. The molecule has 0 N–H and O–H groups in total. The molecule has 96 valence electrons. The molecule has 5 heteroatoms. The average Bonchev–Trinajstić information content (AvgIpc) is 2.39. The molecule has 2 rings (SSSR count). The van der Waals surface area contributed by atoms with Gasteiger partial charge in [0.1, 0.15) is 12.0 Å². The quantitative estimate of drug-likeness (QED) is 0.468. The van der Waals surface area contributed by atoms with E-state index in [2.05, 4.69) is 6.92 Å². The largest absolute Gasteiger partial charge is 0.366 e. The van der Waals surface area contributed by atoms with Crippen LogP contribution in [0.5, 0.6) is 0 Å². The Labute approximate surface area is 106 Å². The molecule has 1 saturated heterocycles. The third-order valence-corrected chi connectivity index (χ3v) is 3.46. The molecule has 1 fully saturated rings. The standard InChI is InChI=1S/C13H16N2O3/c1-10-4-6-14(7-5-10)12-3-2-11(9-16)8-13(12)15(17)18/h2-3,8-10H,4-7H2,1H3. The summed E-state index contributed by atoms with van der Waals surface area (Å²) in [7, 11) is 0. The second-order valence-corrected chi connectivity index (χ2v) is 4.79. The third kappa shape index (κ3) is 2.50. The summed E-state index contributed by atoms with van der Waals surface area (Å²) in [5.74, 6) is 0.676. The summed E-state index contributed by atoms with van der Waals surface area (Å²) >= 11 is 0. The second kappa shape index (κ2) is 5.16. The Morgan fingerprint density at radius 2 is 2.06 bits per heavy atom. The van der Waals surface area contributed by atoms with E-state index in [1.165, 1.54) is 6.07 Å². The van der Waals surface area contributed by atoms with Gasteiger partial charge in [-0.2, -0.15) is 0 Å². The van der Waals surface area contributed by atoms with Crippen LogP contribution in [0.4, 0.5) is 11.4 Å². The van der Waals surface area contributed by atoms with E-state index in [4.69, 9.17) is 0 Å². The molecule has 0 aromatic heterocycles. The monoisotopic (exact) mass is 248 g/mol. The van der Waals surface area contributed by atoms with Gasteiger partial charge in [-0.3, -0.25) is 14.9 Å². The molecule has 0 aliphatic carbocycles. The Morgan fingerprint density at radius 1 is 1.39 bits per heavy atom. The Bertz CT molecular complexity index is 465. The molecule has 0 saturated carbocycles. The number of nitro groups is 1. The number of piperidine rings is 1. The molecular weight excluding hydrogens is 232 g/mol. The molecule has 5 nitrogen and oxygen atoms in total. The van der Waals surface area contributed by atoms with Gasteiger partial charge in [0.25, 0.3) is 5.69 Å². The van der Waals surface area contributed by atoms with Crippen LogP contribution in [0.1, 0.15) is 30.1 Å². The summed E-state index contributed by atoms with van der Waals surface area (Å²) < 4.78 is 0. The van der Waals surface area contributed by atoms with Crippen LogP contribution in [0.25, 0.3) is 0 Å². The number of carbonyl (C=O) groups is 1. The number of aldehydes is 1. The van der Waals surface area contributed by atoms with E-state index in [0.717, 1.165) is 25.9 Å². The van der Waals surface area contributed by atoms with Gasteiger partial charge in [-0.25, -0.2) is 0 Å². The lowest BCUT2D eigenvalue weighted by atomic mass is 9.98. The van der Waals surface area contributed by atoms with Crippen molar-refractivity contribution in [2.24, 2.45) is 5.92 Å². The number of carbonyl (C=O) groups excluding carboxylic acids is 1. The minimum atomic E-state index is -0.416. The summed E-state index contributed by atoms with van der Waals surface area (Å²) in [4.78, 5) is 23.4. The highest BCUT2D eigenvalue weighted by atomic mass is 16.6. The molecule has 1 aromatic rings. The summed E-state index contributed by atoms with van der Waals surface area (Å²) in [6, 6.07) is 4.66. The van der Waals surface area contributed by atoms with Crippen LogP contribution in [0.15, 0.2) is 18.2 Å². The van der Waals surface area contributed by atoms with E-state index in [1.54, 1.807) is 12.1 Å². The van der Waals surface area contributed by atoms with E-state index < -0.39 is 4.92 Å². The van der Waals surface area contributed by atoms with Crippen molar-refractivity contribution in [2.75, 3.05) is 18.0 Å². The summed E-state index contributed by atoms with van der Waals surface area (Å²) in [5.41, 5.74) is 0.988. The second-order valence-electron chi connectivity index (χ2n) is 4.79. The maximum Gasteiger partial charge on any atom is 0.293 e. The minimum Gasteiger partial charge on any atom is -0.366 e. The van der Waals surface area contributed by atoms with E-state index >= 15 is 0 Å². The Balaban J connectivity index is 2.31. The third-order valence-electron chi connectivity index (χ3n) is 3.46. The lowest BCUT2D eigenvalue weighted by Gasteiger charge is -2.31. The van der Waals surface area contributed by atoms with Gasteiger partial charge in [0, 0.05) is 24.7 Å². The molecule has 0 spiro atoms. The normalized spacial score (nSPS) is 16.6. The predicted octanol–water partition coefficient (Wildman–Crippen LogP) is 2.64. The van der Waals surface area contributed by atoms with Gasteiger partial charge in [-0.15, -0.1) is 0 Å². The van der Waals surface area contributed by atoms with E-state index in [9.17, 15) is 14.9 Å². The van der Waals surface area contributed by atoms with Crippen molar-refractivity contribution in [2.45, 2.75) is 19.8 Å². The van der Waals surface area contributed by atoms with Crippen molar-refractivity contribution in [3.05, 3.63) is 33.9 Å². The lowest BCUT2D eigenvalue weighted by Crippen LogP contribution is -2.33. The average molecular weight is 248 g/mol. The van der Waals surface area contributed by atoms with Gasteiger partial charge in [0.2, 0.25) is 0 Å². The van der Waals surface area contributed by atoms with E-state index in [1.807, 2.05) is 4.90 Å². The Hall–Kier alpha value is -1.91. The molecular formula is C13H16N2O3. The molecule has 1 aliphatic rings. The maximum atomic E-state index is 11.1. The van der Waals surface area contributed by atoms with Crippen molar-refractivity contribution in [1.82, 2.24) is 0 Å². The van der Waals surface area contributed by atoms with Crippen LogP contribution in [-0.2, 0) is 0 Å². The first-order valence-corrected chi connectivity index (χ1v) is 6.10. The van der Waals surface area contributed by atoms with Crippen molar-refractivity contribution in [1.29, 1.82) is 0 Å². The fourth-order valence-corrected chi connectivity index (χ4v) is 2.28. The highest BCUT2D eigenvalue weighted by Gasteiger charge is 2.23. The van der Waals surface area contributed by atoms with Crippen molar-refractivity contribution >= 4 is 17.7 Å². The fraction of sp³-hybridized carbons (Fsp3) is 0.462. The predicted molar refractivity (Wildman–Crippen MR) is 69.1 cm³/mol. The zero-order valence-electron chi connectivity index (χ0n) is 10.3. The molecule has 0 bridgehead atoms. The molecule has 0 unspecified atom stereocenters. The number of hydrogen-bond acceptors (Lipinski definition) is 4. The Kier molecular flexibility index (Phi) is 3.60. The van der Waals surface area contributed by atoms with Gasteiger partial charge in [0.05, 0.1) is 4.92 Å². The molecule has 0 amide bonds. The number of hydrogen-bond donors (Lipinski definition) is 0. The lowest BCUT2D eigenvalue weighted by molar-refractivity contribution is -0.384. The number of nitrogens with zero attached hydrogens (tertiary/aromatic N) is 2. The van der Waals surface area contributed by atoms with Crippen molar-refractivity contribution < 1.29 is 9.72 Å². The summed E-state index contributed by atoms with van der Waals surface area (Å²) in [6.45, 7) is 3.87. The van der Waals surface area contributed by atoms with Crippen LogP contribution in [0, 0.1) is 16.0 Å². The molecule has 1 aliphatic heterocycles. The van der Waals surface area contributed by atoms with Crippen LogP contribution in [0.3, 0.4) is 0 Å². The van der Waals surface area contributed by atoms with Crippen LogP contribution < -0.4 is 4.90 Å². The van der Waals surface area contributed by atoms with Crippen molar-refractivity contribution in [3.8, 4) is 0 Å². The number of anilines is 1.